The molecule has 21 heteroatoms. The van der Waals surface area contributed by atoms with Gasteiger partial charge in [0.15, 0.2) is 0 Å². The molecule has 0 aliphatic carbocycles. The number of fused-ring (bicyclic) bond motifs is 6. The quantitative estimate of drug-likeness (QED) is 0.114. The number of nitrogens with one attached hydrogen (secondary N) is 2. The average Bonchev–Trinajstić information content (AvgIpc) is 4.17. The van der Waals surface area contributed by atoms with E-state index in [2.05, 4.69) is 83.4 Å². The second-order valence-corrected chi connectivity index (χ2v) is 25.7. The van der Waals surface area contributed by atoms with Gasteiger partial charge < -0.3 is 48.3 Å². The Balaban J connectivity index is 1.06. The fraction of sp³-hybridized carbons (Fsp3) is 0.582. The number of thiazole rings is 1. The summed E-state index contributed by atoms with van der Waals surface area (Å²) in [6.45, 7) is 22.5. The van der Waals surface area contributed by atoms with E-state index in [1.165, 1.54) is 27.3 Å². The number of esters is 1. The van der Waals surface area contributed by atoms with Crippen LogP contribution in [0.4, 0.5) is 15.3 Å². The highest BCUT2D eigenvalue weighted by molar-refractivity contribution is 7.10. The number of piperazine rings is 1. The highest BCUT2D eigenvalue weighted by atomic mass is 32.1. The van der Waals surface area contributed by atoms with E-state index in [9.17, 15) is 24.0 Å². The van der Waals surface area contributed by atoms with Gasteiger partial charge in [0.1, 0.15) is 17.7 Å². The van der Waals surface area contributed by atoms with Gasteiger partial charge >= 0.3 is 12.0 Å². The maximum absolute atomic E-state index is 14.9. The van der Waals surface area contributed by atoms with E-state index < -0.39 is 43.9 Å². The fourth-order valence-electron chi connectivity index (χ4n) is 11.8. The molecule has 2 N–H and O–H groups in total. The molecule has 4 fully saturated rings. The summed E-state index contributed by atoms with van der Waals surface area (Å²) in [5, 5.41) is 5.26. The molecule has 5 atom stereocenters. The summed E-state index contributed by atoms with van der Waals surface area (Å²) in [5.74, 6) is -1.38. The molecule has 19 nitrogen and oxygen atoms in total. The summed E-state index contributed by atoms with van der Waals surface area (Å²) in [5.41, 5.74) is 9.49. The molecule has 4 saturated heterocycles. The van der Waals surface area contributed by atoms with Gasteiger partial charge in [-0.1, -0.05) is 40.3 Å². The number of likely N-dealkylation sites (tertiary alicyclic amines) is 1. The summed E-state index contributed by atoms with van der Waals surface area (Å²) in [4.78, 5) is 93.8. The van der Waals surface area contributed by atoms with Crippen LogP contribution < -0.4 is 15.3 Å². The summed E-state index contributed by atoms with van der Waals surface area (Å²) in [6.07, 6.45) is 5.12. The van der Waals surface area contributed by atoms with Gasteiger partial charge in [0, 0.05) is 105 Å². The van der Waals surface area contributed by atoms with Crippen LogP contribution >= 0.6 is 11.3 Å². The van der Waals surface area contributed by atoms with E-state index in [1.807, 2.05) is 32.3 Å². The van der Waals surface area contributed by atoms with Crippen molar-refractivity contribution in [3.05, 3.63) is 64.8 Å². The molecule has 1 spiro atoms. The number of morpholine rings is 1. The molecular weight excluding hydrogens is 1000 g/mol. The minimum absolute atomic E-state index is 0.126. The molecule has 0 saturated carbocycles. The predicted molar refractivity (Wildman–Crippen MR) is 296 cm³/mol. The maximum atomic E-state index is 14.9. The lowest BCUT2D eigenvalue weighted by Crippen LogP contribution is -2.64. The molecule has 9 rings (SSSR count). The molecule has 0 radical (unpaired) electrons. The number of nitrogens with zero attached hydrogens (tertiary/aromatic N) is 9. The normalized spacial score (nSPS) is 23.4. The SMILES string of the molecule is C=CC(=O)N1CCO[C@@]2(CCN(C(=O)N(C)[C@H](C(=O)N[Si@H]3Cc4nc(cs4)-c4ccc5c(c4)c(c(-c4cc(N6CCN(C)CC6)cnc4[C@H](C)OC)n5CC)CC(C)(C)COC(=O)[C@@H]4CCCN(N4)C3=O)C(C)C)C2)C1. The Morgan fingerprint density at radius 1 is 1.07 bits per heavy atom. The molecule has 6 bridgehead atoms. The van der Waals surface area contributed by atoms with Crippen molar-refractivity contribution in [2.24, 2.45) is 11.3 Å². The molecule has 3 aromatic heterocycles. The number of aryl methyl sites for hydroxylation is 1. The van der Waals surface area contributed by atoms with Crippen molar-refractivity contribution in [1.82, 2.24) is 49.6 Å². The minimum atomic E-state index is -3.04. The number of amides is 5. The molecular formula is C55H77N11O8SSi. The van der Waals surface area contributed by atoms with Gasteiger partial charge in [-0.15, -0.1) is 11.3 Å². The zero-order valence-corrected chi connectivity index (χ0v) is 47.8. The van der Waals surface area contributed by atoms with Gasteiger partial charge in [-0.2, -0.15) is 0 Å². The monoisotopic (exact) mass is 1080 g/mol. The van der Waals surface area contributed by atoms with Crippen LogP contribution in [0.1, 0.15) is 83.2 Å². The Morgan fingerprint density at radius 3 is 2.55 bits per heavy atom. The predicted octanol–water partition coefficient (Wildman–Crippen LogP) is 5.59. The number of anilines is 1. The molecule has 0 unspecified atom stereocenters. The second kappa shape index (κ2) is 22.7. The Kier molecular flexibility index (Phi) is 16.4. The number of ether oxygens (including phenoxy) is 3. The number of benzene rings is 1. The number of aromatic nitrogens is 3. The topological polar surface area (TPSA) is 187 Å². The van der Waals surface area contributed by atoms with E-state index in [0.29, 0.717) is 70.0 Å². The number of carbonyl (C=O) groups is 5. The first-order chi connectivity index (χ1) is 36.3. The zero-order chi connectivity index (χ0) is 54.2. The summed E-state index contributed by atoms with van der Waals surface area (Å²) < 4.78 is 20.8. The molecule has 5 aliphatic heterocycles. The van der Waals surface area contributed by atoms with E-state index in [-0.39, 0.29) is 48.7 Å². The standard InChI is InChI=1S/C55H77N11O8SSi/c1-11-46(67)63-24-25-74-55(32-63)17-19-64(33-55)52(70)61(9)48(35(3)4)50(68)59-76-31-45-57-43(30-75-45)37-15-16-44-39(26-37)41(28-54(6,7)34-73-51(69)42-14-13-18-66(58-42)53(76)71)49(65(44)12-2)40-27-38(29-56-47(40)36(5)72-10)62-22-20-60(8)21-23-62/h11,15-16,26-27,29-30,35-36,42,48,58,76H,1,12-14,17-25,28,31-34H2,2-10H3,(H,59,68)/t36-,42-,48-,55-,76-/m0/s1. The van der Waals surface area contributed by atoms with Crippen LogP contribution in [0.15, 0.2) is 48.5 Å². The van der Waals surface area contributed by atoms with Crippen LogP contribution in [0.5, 0.6) is 0 Å². The molecule has 410 valence electrons. The van der Waals surface area contributed by atoms with E-state index in [0.717, 1.165) is 76.5 Å². The number of methoxy groups -OCH3 is 1. The summed E-state index contributed by atoms with van der Waals surface area (Å²) in [7, 11) is 2.45. The van der Waals surface area contributed by atoms with Crippen LogP contribution in [-0.2, 0) is 47.6 Å². The number of rotatable bonds is 10. The lowest BCUT2D eigenvalue weighted by atomic mass is 9.84. The number of hydrogen-bond donors (Lipinski definition) is 2. The number of urea groups is 1. The number of hydrogen-bond acceptors (Lipinski definition) is 14. The van der Waals surface area contributed by atoms with Crippen molar-refractivity contribution in [2.75, 3.05) is 98.2 Å². The van der Waals surface area contributed by atoms with Crippen molar-refractivity contribution in [3.8, 4) is 22.5 Å². The Morgan fingerprint density at radius 2 is 1.83 bits per heavy atom. The van der Waals surface area contributed by atoms with Gasteiger partial charge in [-0.25, -0.2) is 15.2 Å². The number of hydrazine groups is 1. The van der Waals surface area contributed by atoms with Crippen molar-refractivity contribution < 1.29 is 38.2 Å². The maximum Gasteiger partial charge on any atom is 0.324 e. The molecule has 76 heavy (non-hydrogen) atoms. The Bertz CT molecular complexity index is 2850. The average molecular weight is 1080 g/mol. The van der Waals surface area contributed by atoms with E-state index >= 15 is 0 Å². The highest BCUT2D eigenvalue weighted by Crippen LogP contribution is 2.43. The third-order valence-electron chi connectivity index (χ3n) is 16.0. The minimum Gasteiger partial charge on any atom is -0.464 e. The van der Waals surface area contributed by atoms with Gasteiger partial charge in [0.2, 0.25) is 17.3 Å². The smallest absolute Gasteiger partial charge is 0.324 e. The Hall–Kier alpha value is -5.71. The lowest BCUT2D eigenvalue weighted by Gasteiger charge is -2.40. The van der Waals surface area contributed by atoms with Gasteiger partial charge in [-0.05, 0) is 82.3 Å². The third-order valence-corrected chi connectivity index (χ3v) is 19.5. The van der Waals surface area contributed by atoms with Crippen LogP contribution in [-0.4, -0.2) is 188 Å². The number of cyclic esters (lactones) is 1. The van der Waals surface area contributed by atoms with E-state index in [1.54, 1.807) is 24.0 Å². The Labute approximate surface area is 452 Å². The zero-order valence-electron chi connectivity index (χ0n) is 45.9. The lowest BCUT2D eigenvalue weighted by molar-refractivity contribution is -0.151. The third kappa shape index (κ3) is 11.3. The van der Waals surface area contributed by atoms with Gasteiger partial charge in [-0.3, -0.25) is 29.2 Å². The summed E-state index contributed by atoms with van der Waals surface area (Å²) >= 11 is 1.45. The van der Waals surface area contributed by atoms with Gasteiger partial charge in [0.25, 0.3) is 8.96 Å². The van der Waals surface area contributed by atoms with Crippen molar-refractivity contribution in [3.63, 3.8) is 0 Å². The molecule has 4 aromatic rings. The first-order valence-electron chi connectivity index (χ1n) is 27.0. The van der Waals surface area contributed by atoms with Crippen LogP contribution in [0, 0.1) is 11.3 Å². The number of pyridine rings is 1. The van der Waals surface area contributed by atoms with E-state index in [4.69, 9.17) is 24.2 Å². The van der Waals surface area contributed by atoms with Crippen LogP contribution in [0.25, 0.3) is 33.4 Å². The van der Waals surface area contributed by atoms with Crippen molar-refractivity contribution in [1.29, 1.82) is 0 Å². The molecule has 1 aromatic carbocycles. The van der Waals surface area contributed by atoms with Crippen LogP contribution in [0.3, 0.4) is 0 Å². The van der Waals surface area contributed by atoms with Crippen molar-refractivity contribution >= 4 is 66.2 Å². The molecule has 8 heterocycles. The molecule has 5 aliphatic rings. The first-order valence-corrected chi connectivity index (χ1v) is 29.9. The number of carbonyl (C=O) groups excluding carboxylic acids is 5. The van der Waals surface area contributed by atoms with Crippen LogP contribution in [0.2, 0.25) is 0 Å². The van der Waals surface area contributed by atoms with Gasteiger partial charge in [0.05, 0.1) is 66.4 Å². The first kappa shape index (κ1) is 55.1. The largest absolute Gasteiger partial charge is 0.464 e. The fourth-order valence-corrected chi connectivity index (χ4v) is 15.2. The number of likely N-dealkylation sites (N-methyl/N-ethyl adjacent to an activating group) is 2. The second-order valence-electron chi connectivity index (χ2n) is 22.5. The highest BCUT2D eigenvalue weighted by Gasteiger charge is 2.47. The summed E-state index contributed by atoms with van der Waals surface area (Å²) in [6, 6.07) is 6.92. The molecule has 5 amide bonds. The van der Waals surface area contributed by atoms with Crippen molar-refractivity contribution in [2.45, 2.75) is 104 Å².